The van der Waals surface area contributed by atoms with Crippen LogP contribution in [0, 0.1) is 5.92 Å². The second-order valence-corrected chi connectivity index (χ2v) is 3.11. The molecule has 2 nitrogen and oxygen atoms in total. The maximum Gasteiger partial charge on any atom is 0.486 e. The van der Waals surface area contributed by atoms with E-state index in [0.717, 1.165) is 0 Å². The fraction of sp³-hybridized carbons (Fsp3) is 1.00. The van der Waals surface area contributed by atoms with Crippen molar-refractivity contribution >= 4 is 0 Å². The molecule has 1 aliphatic heterocycles. The highest BCUT2D eigenvalue weighted by Gasteiger charge is 2.48. The lowest BCUT2D eigenvalue weighted by molar-refractivity contribution is -0.352. The van der Waals surface area contributed by atoms with Gasteiger partial charge in [0.15, 0.2) is 0 Å². The van der Waals surface area contributed by atoms with Crippen molar-refractivity contribution in [2.75, 3.05) is 0 Å². The lowest BCUT2D eigenvalue weighted by Gasteiger charge is -2.14. The van der Waals surface area contributed by atoms with Crippen LogP contribution in [0.25, 0.3) is 0 Å². The van der Waals surface area contributed by atoms with Gasteiger partial charge in [0.25, 0.3) is 0 Å². The van der Waals surface area contributed by atoms with Gasteiger partial charge in [0.2, 0.25) is 0 Å². The SMILES string of the molecule is CC(C)C1OC(F)(F)OC1C. The van der Waals surface area contributed by atoms with E-state index in [0.29, 0.717) is 0 Å². The summed E-state index contributed by atoms with van der Waals surface area (Å²) in [7, 11) is 0. The molecule has 0 N–H and O–H groups in total. The van der Waals surface area contributed by atoms with Crippen molar-refractivity contribution in [3.8, 4) is 0 Å². The van der Waals surface area contributed by atoms with Gasteiger partial charge in [-0.3, -0.25) is 9.47 Å². The van der Waals surface area contributed by atoms with E-state index < -0.39 is 18.5 Å². The highest BCUT2D eigenvalue weighted by atomic mass is 19.3. The Bertz CT molecular complexity index is 147. The van der Waals surface area contributed by atoms with E-state index in [2.05, 4.69) is 9.47 Å². The minimum absolute atomic E-state index is 0.0541. The van der Waals surface area contributed by atoms with Crippen LogP contribution in [0.5, 0.6) is 0 Å². The summed E-state index contributed by atoms with van der Waals surface area (Å²) in [5.74, 6) is 0.0541. The minimum Gasteiger partial charge on any atom is -0.290 e. The van der Waals surface area contributed by atoms with Crippen molar-refractivity contribution in [3.05, 3.63) is 0 Å². The van der Waals surface area contributed by atoms with Crippen LogP contribution < -0.4 is 0 Å². The summed E-state index contributed by atoms with van der Waals surface area (Å²) in [6.45, 7) is 5.24. The van der Waals surface area contributed by atoms with Gasteiger partial charge in [0, 0.05) is 0 Å². The third-order valence-corrected chi connectivity index (χ3v) is 1.72. The summed E-state index contributed by atoms with van der Waals surface area (Å²) in [6.07, 6.45) is -4.40. The Labute approximate surface area is 64.5 Å². The van der Waals surface area contributed by atoms with Gasteiger partial charge < -0.3 is 0 Å². The molecule has 1 rings (SSSR count). The van der Waals surface area contributed by atoms with Crippen LogP contribution in [-0.2, 0) is 9.47 Å². The monoisotopic (exact) mass is 166 g/mol. The van der Waals surface area contributed by atoms with Crippen molar-refractivity contribution in [2.24, 2.45) is 5.92 Å². The Morgan fingerprint density at radius 2 is 1.82 bits per heavy atom. The van der Waals surface area contributed by atoms with Crippen LogP contribution in [0.1, 0.15) is 20.8 Å². The lowest BCUT2D eigenvalue weighted by Crippen LogP contribution is -2.25. The first-order valence-electron chi connectivity index (χ1n) is 3.66. The molecule has 1 fully saturated rings. The van der Waals surface area contributed by atoms with E-state index in [9.17, 15) is 8.78 Å². The highest BCUT2D eigenvalue weighted by Crippen LogP contribution is 2.34. The number of hydrogen-bond acceptors (Lipinski definition) is 2. The predicted octanol–water partition coefficient (Wildman–Crippen LogP) is 2.00. The van der Waals surface area contributed by atoms with Gasteiger partial charge in [-0.05, 0) is 12.8 Å². The first-order chi connectivity index (χ1) is 4.92. The normalized spacial score (nSPS) is 36.5. The number of hydrogen-bond donors (Lipinski definition) is 0. The van der Waals surface area contributed by atoms with Gasteiger partial charge in [0.1, 0.15) is 0 Å². The van der Waals surface area contributed by atoms with Crippen LogP contribution in [0.2, 0.25) is 0 Å². The van der Waals surface area contributed by atoms with Crippen LogP contribution in [-0.4, -0.2) is 18.5 Å². The molecule has 2 unspecified atom stereocenters. The van der Waals surface area contributed by atoms with Gasteiger partial charge >= 0.3 is 6.29 Å². The smallest absolute Gasteiger partial charge is 0.290 e. The molecule has 0 aliphatic carbocycles. The molecule has 0 aromatic rings. The molecule has 66 valence electrons. The fourth-order valence-electron chi connectivity index (χ4n) is 1.24. The van der Waals surface area contributed by atoms with Gasteiger partial charge in [-0.25, -0.2) is 0 Å². The molecular weight excluding hydrogens is 154 g/mol. The van der Waals surface area contributed by atoms with Gasteiger partial charge in [-0.15, -0.1) is 8.78 Å². The Hall–Kier alpha value is -0.220. The van der Waals surface area contributed by atoms with E-state index in [1.54, 1.807) is 6.92 Å². The van der Waals surface area contributed by atoms with Gasteiger partial charge in [0.05, 0.1) is 12.2 Å². The second kappa shape index (κ2) is 2.68. The molecule has 2 atom stereocenters. The molecule has 0 radical (unpaired) electrons. The molecule has 4 heteroatoms. The summed E-state index contributed by atoms with van der Waals surface area (Å²) in [6, 6.07) is 0. The van der Waals surface area contributed by atoms with Gasteiger partial charge in [-0.1, -0.05) is 13.8 Å². The largest absolute Gasteiger partial charge is 0.486 e. The molecule has 0 amide bonds. The summed E-state index contributed by atoms with van der Waals surface area (Å²) < 4.78 is 33.4. The first-order valence-corrected chi connectivity index (χ1v) is 3.66. The van der Waals surface area contributed by atoms with Crippen LogP contribution >= 0.6 is 0 Å². The maximum absolute atomic E-state index is 12.4. The third kappa shape index (κ3) is 1.87. The van der Waals surface area contributed by atoms with Crippen LogP contribution in [0.15, 0.2) is 0 Å². The van der Waals surface area contributed by atoms with Crippen molar-refractivity contribution in [1.29, 1.82) is 0 Å². The quantitative estimate of drug-likeness (QED) is 0.593. The zero-order valence-electron chi connectivity index (χ0n) is 6.80. The van der Waals surface area contributed by atoms with Crippen LogP contribution in [0.3, 0.4) is 0 Å². The third-order valence-electron chi connectivity index (χ3n) is 1.72. The Balaban J connectivity index is 2.59. The van der Waals surface area contributed by atoms with Crippen molar-refractivity contribution in [1.82, 2.24) is 0 Å². The molecule has 1 saturated heterocycles. The summed E-state index contributed by atoms with van der Waals surface area (Å²) >= 11 is 0. The molecule has 1 aliphatic rings. The highest BCUT2D eigenvalue weighted by molar-refractivity contribution is 4.75. The zero-order chi connectivity index (χ0) is 8.65. The lowest BCUT2D eigenvalue weighted by atomic mass is 10.0. The molecular formula is C7H12F2O2. The zero-order valence-corrected chi connectivity index (χ0v) is 6.80. The molecule has 11 heavy (non-hydrogen) atoms. The van der Waals surface area contributed by atoms with Gasteiger partial charge in [-0.2, -0.15) is 0 Å². The summed E-state index contributed by atoms with van der Waals surface area (Å²) in [4.78, 5) is 0. The molecule has 0 saturated carbocycles. The topological polar surface area (TPSA) is 18.5 Å². The van der Waals surface area contributed by atoms with E-state index in [4.69, 9.17) is 0 Å². The molecule has 0 spiro atoms. The predicted molar refractivity (Wildman–Crippen MR) is 35.2 cm³/mol. The van der Waals surface area contributed by atoms with Crippen molar-refractivity contribution in [3.63, 3.8) is 0 Å². The van der Waals surface area contributed by atoms with E-state index in [1.165, 1.54) is 0 Å². The average Bonchev–Trinajstić information content (AvgIpc) is 2.05. The summed E-state index contributed by atoms with van der Waals surface area (Å²) in [5, 5.41) is 0. The minimum atomic E-state index is -3.38. The Morgan fingerprint density at radius 3 is 2.00 bits per heavy atom. The molecule has 0 aromatic heterocycles. The van der Waals surface area contributed by atoms with Crippen molar-refractivity contribution in [2.45, 2.75) is 39.3 Å². The fourth-order valence-corrected chi connectivity index (χ4v) is 1.24. The number of halogens is 2. The molecule has 0 bridgehead atoms. The Kier molecular flexibility index (Phi) is 2.16. The average molecular weight is 166 g/mol. The van der Waals surface area contributed by atoms with Crippen molar-refractivity contribution < 1.29 is 18.3 Å². The standard InChI is InChI=1S/C7H12F2O2/c1-4(2)6-5(3)10-7(8,9)11-6/h4-6H,1-3H3. The number of rotatable bonds is 1. The number of ether oxygens (including phenoxy) is 2. The van der Waals surface area contributed by atoms with E-state index in [-0.39, 0.29) is 5.92 Å². The van der Waals surface area contributed by atoms with Crippen LogP contribution in [0.4, 0.5) is 8.78 Å². The second-order valence-electron chi connectivity index (χ2n) is 3.11. The van der Waals surface area contributed by atoms with E-state index in [1.807, 2.05) is 13.8 Å². The molecule has 1 heterocycles. The Morgan fingerprint density at radius 1 is 1.27 bits per heavy atom. The number of alkyl halides is 2. The summed E-state index contributed by atoms with van der Waals surface area (Å²) in [5.41, 5.74) is 0. The molecule has 0 aromatic carbocycles. The maximum atomic E-state index is 12.4. The van der Waals surface area contributed by atoms with E-state index >= 15 is 0 Å². The first kappa shape index (κ1) is 8.87.